The van der Waals surface area contributed by atoms with E-state index in [1.807, 2.05) is 6.07 Å². The lowest BCUT2D eigenvalue weighted by atomic mass is 10.1. The molecular weight excluding hydrogens is 226 g/mol. The van der Waals surface area contributed by atoms with E-state index in [0.717, 1.165) is 17.5 Å². The van der Waals surface area contributed by atoms with Crippen LogP contribution >= 0.6 is 0 Å². The summed E-state index contributed by atoms with van der Waals surface area (Å²) in [6.45, 7) is 0. The van der Waals surface area contributed by atoms with Gasteiger partial charge in [0.05, 0.1) is 10.6 Å². The third-order valence-corrected chi connectivity index (χ3v) is 4.76. The Hall–Kier alpha value is -0.910. The molecule has 1 unspecified atom stereocenters. The van der Waals surface area contributed by atoms with Crippen molar-refractivity contribution in [1.82, 2.24) is 0 Å². The standard InChI is InChI=1S/C11H15NO3S/c1-15-11(12)9-4-5-10-8(7-9)3-2-6-16(10,13)14/h4-5,7,11H,2-3,6,12H2,1H3. The highest BCUT2D eigenvalue weighted by atomic mass is 32.2. The zero-order valence-corrected chi connectivity index (χ0v) is 9.96. The summed E-state index contributed by atoms with van der Waals surface area (Å²) in [5.41, 5.74) is 7.40. The van der Waals surface area contributed by atoms with Gasteiger partial charge in [-0.2, -0.15) is 0 Å². The van der Waals surface area contributed by atoms with Crippen molar-refractivity contribution >= 4 is 9.84 Å². The van der Waals surface area contributed by atoms with Crippen LogP contribution in [0.15, 0.2) is 23.1 Å². The van der Waals surface area contributed by atoms with Gasteiger partial charge in [0.15, 0.2) is 9.84 Å². The van der Waals surface area contributed by atoms with Gasteiger partial charge >= 0.3 is 0 Å². The molecule has 5 heteroatoms. The number of aryl methyl sites for hydroxylation is 1. The number of sulfone groups is 1. The summed E-state index contributed by atoms with van der Waals surface area (Å²) in [5, 5.41) is 0. The van der Waals surface area contributed by atoms with Crippen molar-refractivity contribution in [2.45, 2.75) is 24.0 Å². The fraction of sp³-hybridized carbons (Fsp3) is 0.455. The fourth-order valence-electron chi connectivity index (χ4n) is 1.97. The molecule has 0 bridgehead atoms. The van der Waals surface area contributed by atoms with Gasteiger partial charge in [-0.3, -0.25) is 0 Å². The Morgan fingerprint density at radius 3 is 2.88 bits per heavy atom. The van der Waals surface area contributed by atoms with Gasteiger partial charge in [-0.25, -0.2) is 8.42 Å². The lowest BCUT2D eigenvalue weighted by Gasteiger charge is -2.18. The minimum Gasteiger partial charge on any atom is -0.363 e. The predicted octanol–water partition coefficient (Wildman–Crippen LogP) is 1.01. The summed E-state index contributed by atoms with van der Waals surface area (Å²) in [6, 6.07) is 5.19. The molecule has 1 aliphatic heterocycles. The van der Waals surface area contributed by atoms with Crippen LogP contribution in [0.5, 0.6) is 0 Å². The molecule has 0 aliphatic carbocycles. The molecule has 16 heavy (non-hydrogen) atoms. The largest absolute Gasteiger partial charge is 0.363 e. The van der Waals surface area contributed by atoms with Crippen LogP contribution in [0, 0.1) is 0 Å². The summed E-state index contributed by atoms with van der Waals surface area (Å²) in [5.74, 6) is 0.246. The second-order valence-corrected chi connectivity index (χ2v) is 6.02. The Kier molecular flexibility index (Phi) is 3.01. The molecule has 0 saturated carbocycles. The van der Waals surface area contributed by atoms with Gasteiger partial charge in [0.1, 0.15) is 6.23 Å². The van der Waals surface area contributed by atoms with Gasteiger partial charge in [0.2, 0.25) is 0 Å². The Labute approximate surface area is 95.3 Å². The molecule has 2 N–H and O–H groups in total. The predicted molar refractivity (Wildman–Crippen MR) is 60.8 cm³/mol. The lowest BCUT2D eigenvalue weighted by Crippen LogP contribution is -2.18. The van der Waals surface area contributed by atoms with Crippen molar-refractivity contribution < 1.29 is 13.2 Å². The number of ether oxygens (including phenoxy) is 1. The summed E-state index contributed by atoms with van der Waals surface area (Å²) in [6.07, 6.45) is 0.981. The molecule has 0 spiro atoms. The molecular formula is C11H15NO3S. The van der Waals surface area contributed by atoms with E-state index in [9.17, 15) is 8.42 Å². The molecule has 1 aromatic rings. The molecule has 0 amide bonds. The maximum atomic E-state index is 11.8. The summed E-state index contributed by atoms with van der Waals surface area (Å²) >= 11 is 0. The molecule has 88 valence electrons. The average Bonchev–Trinajstić information content (AvgIpc) is 2.27. The van der Waals surface area contributed by atoms with Crippen LogP contribution < -0.4 is 5.73 Å². The van der Waals surface area contributed by atoms with Crippen molar-refractivity contribution in [2.75, 3.05) is 12.9 Å². The number of rotatable bonds is 2. The van der Waals surface area contributed by atoms with Crippen LogP contribution in [0.25, 0.3) is 0 Å². The van der Waals surface area contributed by atoms with Crippen molar-refractivity contribution in [2.24, 2.45) is 5.73 Å². The first-order chi connectivity index (χ1) is 7.54. The lowest BCUT2D eigenvalue weighted by molar-refractivity contribution is 0.109. The van der Waals surface area contributed by atoms with E-state index in [-0.39, 0.29) is 5.75 Å². The van der Waals surface area contributed by atoms with Crippen LogP contribution in [0.2, 0.25) is 0 Å². The molecule has 1 aromatic carbocycles. The number of nitrogens with two attached hydrogens (primary N) is 1. The molecule has 4 nitrogen and oxygen atoms in total. The monoisotopic (exact) mass is 241 g/mol. The summed E-state index contributed by atoms with van der Waals surface area (Å²) in [4.78, 5) is 0.450. The number of methoxy groups -OCH3 is 1. The molecule has 1 atom stereocenters. The van der Waals surface area contributed by atoms with E-state index in [1.165, 1.54) is 7.11 Å². The molecule has 0 fully saturated rings. The van der Waals surface area contributed by atoms with Crippen molar-refractivity contribution in [3.63, 3.8) is 0 Å². The average molecular weight is 241 g/mol. The topological polar surface area (TPSA) is 69.4 Å². The molecule has 1 aliphatic rings. The Morgan fingerprint density at radius 1 is 1.44 bits per heavy atom. The van der Waals surface area contributed by atoms with Gasteiger partial charge in [0.25, 0.3) is 0 Å². The quantitative estimate of drug-likeness (QED) is 0.785. The van der Waals surface area contributed by atoms with Gasteiger partial charge in [-0.05, 0) is 30.0 Å². The smallest absolute Gasteiger partial charge is 0.178 e. The van der Waals surface area contributed by atoms with Gasteiger partial charge in [0, 0.05) is 7.11 Å². The maximum Gasteiger partial charge on any atom is 0.178 e. The highest BCUT2D eigenvalue weighted by Gasteiger charge is 2.23. The van der Waals surface area contributed by atoms with Crippen molar-refractivity contribution in [3.8, 4) is 0 Å². The van der Waals surface area contributed by atoms with Gasteiger partial charge < -0.3 is 10.5 Å². The molecule has 2 rings (SSSR count). The first-order valence-corrected chi connectivity index (χ1v) is 6.84. The second kappa shape index (κ2) is 4.16. The molecule has 0 saturated heterocycles. The van der Waals surface area contributed by atoms with Crippen LogP contribution in [0.4, 0.5) is 0 Å². The SMILES string of the molecule is COC(N)c1ccc2c(c1)CCCS2(=O)=O. The molecule has 1 heterocycles. The summed E-state index contributed by atoms with van der Waals surface area (Å²) in [7, 11) is -1.54. The van der Waals surface area contributed by atoms with Crippen LogP contribution in [0.1, 0.15) is 23.8 Å². The van der Waals surface area contributed by atoms with Gasteiger partial charge in [-0.15, -0.1) is 0 Å². The minimum atomic E-state index is -3.07. The Balaban J connectivity index is 2.48. The second-order valence-electron chi connectivity index (χ2n) is 3.95. The highest BCUT2D eigenvalue weighted by molar-refractivity contribution is 7.91. The van der Waals surface area contributed by atoms with E-state index >= 15 is 0 Å². The third-order valence-electron chi connectivity index (χ3n) is 2.86. The third kappa shape index (κ3) is 1.98. The number of fused-ring (bicyclic) bond motifs is 1. The number of benzene rings is 1. The van der Waals surface area contributed by atoms with E-state index in [2.05, 4.69) is 0 Å². The zero-order chi connectivity index (χ0) is 11.8. The van der Waals surface area contributed by atoms with E-state index in [0.29, 0.717) is 11.3 Å². The minimum absolute atomic E-state index is 0.246. The van der Waals surface area contributed by atoms with E-state index < -0.39 is 16.1 Å². The highest BCUT2D eigenvalue weighted by Crippen LogP contribution is 2.27. The first kappa shape index (κ1) is 11.6. The van der Waals surface area contributed by atoms with Gasteiger partial charge in [-0.1, -0.05) is 12.1 Å². The first-order valence-electron chi connectivity index (χ1n) is 5.18. The number of hydrogen-bond donors (Lipinski definition) is 1. The van der Waals surface area contributed by atoms with Crippen LogP contribution in [0.3, 0.4) is 0 Å². The Bertz CT molecular complexity index is 496. The van der Waals surface area contributed by atoms with E-state index in [4.69, 9.17) is 10.5 Å². The summed E-state index contributed by atoms with van der Waals surface area (Å²) < 4.78 is 28.5. The molecule has 0 radical (unpaired) electrons. The van der Waals surface area contributed by atoms with Crippen molar-refractivity contribution in [1.29, 1.82) is 0 Å². The van der Waals surface area contributed by atoms with E-state index in [1.54, 1.807) is 12.1 Å². The zero-order valence-electron chi connectivity index (χ0n) is 9.14. The normalized spacial score (nSPS) is 20.1. The maximum absolute atomic E-state index is 11.8. The Morgan fingerprint density at radius 2 is 2.19 bits per heavy atom. The number of hydrogen-bond acceptors (Lipinski definition) is 4. The van der Waals surface area contributed by atoms with Crippen molar-refractivity contribution in [3.05, 3.63) is 29.3 Å². The molecule has 0 aromatic heterocycles. The van der Waals surface area contributed by atoms with Crippen LogP contribution in [-0.2, 0) is 21.0 Å². The van der Waals surface area contributed by atoms with Crippen LogP contribution in [-0.4, -0.2) is 21.3 Å². The fourth-order valence-corrected chi connectivity index (χ4v) is 3.55.